The zero-order valence-electron chi connectivity index (χ0n) is 15.1. The number of rotatable bonds is 3. The van der Waals surface area contributed by atoms with E-state index in [9.17, 15) is 9.18 Å². The summed E-state index contributed by atoms with van der Waals surface area (Å²) in [6.07, 6.45) is 0. The largest absolute Gasteiger partial charge is 0.306 e. The van der Waals surface area contributed by atoms with Gasteiger partial charge in [-0.15, -0.1) is 0 Å². The van der Waals surface area contributed by atoms with Crippen LogP contribution in [0.15, 0.2) is 48.5 Å². The van der Waals surface area contributed by atoms with Crippen molar-refractivity contribution in [2.45, 2.75) is 26.2 Å². The summed E-state index contributed by atoms with van der Waals surface area (Å²) in [7, 11) is 0. The van der Waals surface area contributed by atoms with Crippen molar-refractivity contribution in [1.82, 2.24) is 9.78 Å². The first-order valence-corrected chi connectivity index (χ1v) is 9.03. The number of carbonyl (C=O) groups is 1. The van der Waals surface area contributed by atoms with E-state index in [1.165, 1.54) is 24.3 Å². The molecule has 0 aliphatic rings. The second kappa shape index (κ2) is 7.33. The number of amides is 1. The number of anilines is 1. The zero-order chi connectivity index (χ0) is 19.8. The standard InChI is InChI=1S/C20H18Cl2FN3O/c1-20(2,3)17-11-18(26(25-17)16-6-4-15(23)5-7-16)24-19(27)12-8-13(21)10-14(22)9-12/h4-11H,1-3H3,(H,24,27). The van der Waals surface area contributed by atoms with E-state index >= 15 is 0 Å². The highest BCUT2D eigenvalue weighted by atomic mass is 35.5. The molecule has 1 aromatic heterocycles. The summed E-state index contributed by atoms with van der Waals surface area (Å²) in [6, 6.07) is 12.3. The third kappa shape index (κ3) is 4.49. The zero-order valence-corrected chi connectivity index (χ0v) is 16.6. The first-order valence-electron chi connectivity index (χ1n) is 8.27. The van der Waals surface area contributed by atoms with Gasteiger partial charge in [0, 0.05) is 27.1 Å². The van der Waals surface area contributed by atoms with Crippen molar-refractivity contribution < 1.29 is 9.18 Å². The maximum absolute atomic E-state index is 13.3. The molecule has 2 aromatic carbocycles. The average Bonchev–Trinajstić information content (AvgIpc) is 2.99. The first kappa shape index (κ1) is 19.4. The van der Waals surface area contributed by atoms with E-state index in [1.807, 2.05) is 20.8 Å². The molecule has 0 aliphatic carbocycles. The Morgan fingerprint density at radius 2 is 1.63 bits per heavy atom. The van der Waals surface area contributed by atoms with Gasteiger partial charge in [0.25, 0.3) is 5.91 Å². The molecule has 0 fully saturated rings. The number of carbonyl (C=O) groups excluding carboxylic acids is 1. The summed E-state index contributed by atoms with van der Waals surface area (Å²) in [4.78, 5) is 12.7. The molecule has 0 spiro atoms. The average molecular weight is 406 g/mol. The molecule has 7 heteroatoms. The summed E-state index contributed by atoms with van der Waals surface area (Å²) in [5.41, 5.74) is 1.51. The van der Waals surface area contributed by atoms with Crippen LogP contribution < -0.4 is 5.32 Å². The molecular formula is C20H18Cl2FN3O. The minimum absolute atomic E-state index is 0.232. The minimum atomic E-state index is -0.372. The van der Waals surface area contributed by atoms with Crippen molar-refractivity contribution >= 4 is 34.9 Å². The Hall–Kier alpha value is -2.37. The fraction of sp³-hybridized carbons (Fsp3) is 0.200. The van der Waals surface area contributed by atoms with Crippen LogP contribution in [0.2, 0.25) is 10.0 Å². The number of nitrogens with zero attached hydrogens (tertiary/aromatic N) is 2. The molecule has 0 unspecified atom stereocenters. The Morgan fingerprint density at radius 1 is 1.04 bits per heavy atom. The molecule has 1 amide bonds. The highest BCUT2D eigenvalue weighted by molar-refractivity contribution is 6.35. The second-order valence-electron chi connectivity index (χ2n) is 7.17. The first-order chi connectivity index (χ1) is 12.6. The minimum Gasteiger partial charge on any atom is -0.306 e. The van der Waals surface area contributed by atoms with E-state index in [2.05, 4.69) is 10.4 Å². The van der Waals surface area contributed by atoms with Gasteiger partial charge in [0.15, 0.2) is 0 Å². The van der Waals surface area contributed by atoms with Crippen molar-refractivity contribution in [2.75, 3.05) is 5.32 Å². The molecule has 3 aromatic rings. The smallest absolute Gasteiger partial charge is 0.256 e. The molecule has 140 valence electrons. The van der Waals surface area contributed by atoms with Gasteiger partial charge < -0.3 is 5.32 Å². The van der Waals surface area contributed by atoms with E-state index in [1.54, 1.807) is 28.9 Å². The molecule has 3 rings (SSSR count). The summed E-state index contributed by atoms with van der Waals surface area (Å²) >= 11 is 12.0. The van der Waals surface area contributed by atoms with Crippen molar-refractivity contribution in [1.29, 1.82) is 0 Å². The van der Waals surface area contributed by atoms with Crippen LogP contribution in [0, 0.1) is 5.82 Å². The number of benzene rings is 2. The van der Waals surface area contributed by atoms with Gasteiger partial charge in [-0.25, -0.2) is 9.07 Å². The summed E-state index contributed by atoms with van der Waals surface area (Å²) < 4.78 is 14.9. The monoisotopic (exact) mass is 405 g/mol. The van der Waals surface area contributed by atoms with Gasteiger partial charge >= 0.3 is 0 Å². The van der Waals surface area contributed by atoms with Crippen molar-refractivity contribution in [3.8, 4) is 5.69 Å². The molecule has 1 heterocycles. The van der Waals surface area contributed by atoms with Gasteiger partial charge in [-0.05, 0) is 42.5 Å². The van der Waals surface area contributed by atoms with Crippen LogP contribution in [-0.4, -0.2) is 15.7 Å². The fourth-order valence-electron chi connectivity index (χ4n) is 2.49. The summed E-state index contributed by atoms with van der Waals surface area (Å²) in [5, 5.41) is 8.17. The van der Waals surface area contributed by atoms with Crippen LogP contribution in [-0.2, 0) is 5.41 Å². The highest BCUT2D eigenvalue weighted by Crippen LogP contribution is 2.27. The maximum atomic E-state index is 13.3. The van der Waals surface area contributed by atoms with E-state index in [-0.39, 0.29) is 17.1 Å². The molecule has 0 radical (unpaired) electrons. The number of aromatic nitrogens is 2. The van der Waals surface area contributed by atoms with Gasteiger partial charge in [-0.3, -0.25) is 4.79 Å². The molecule has 0 saturated carbocycles. The molecule has 0 aliphatic heterocycles. The SMILES string of the molecule is CC(C)(C)c1cc(NC(=O)c2cc(Cl)cc(Cl)c2)n(-c2ccc(F)cc2)n1. The number of halogens is 3. The van der Waals surface area contributed by atoms with E-state index in [4.69, 9.17) is 23.2 Å². The Morgan fingerprint density at radius 3 is 2.19 bits per heavy atom. The topological polar surface area (TPSA) is 46.9 Å². The maximum Gasteiger partial charge on any atom is 0.256 e. The van der Waals surface area contributed by atoms with Crippen LogP contribution in [0.1, 0.15) is 36.8 Å². The summed E-state index contributed by atoms with van der Waals surface area (Å²) in [6.45, 7) is 6.06. The lowest BCUT2D eigenvalue weighted by molar-refractivity contribution is 0.102. The van der Waals surface area contributed by atoms with Gasteiger partial charge in [0.1, 0.15) is 11.6 Å². The van der Waals surface area contributed by atoms with Crippen LogP contribution >= 0.6 is 23.2 Å². The number of hydrogen-bond acceptors (Lipinski definition) is 2. The molecule has 0 bridgehead atoms. The summed E-state index contributed by atoms with van der Waals surface area (Å²) in [5.74, 6) is -0.253. The van der Waals surface area contributed by atoms with Gasteiger partial charge in [0.05, 0.1) is 11.4 Å². The second-order valence-corrected chi connectivity index (χ2v) is 8.04. The normalized spacial score (nSPS) is 11.5. The van der Waals surface area contributed by atoms with Crippen molar-refractivity contribution in [3.05, 3.63) is 75.7 Å². The molecule has 0 atom stereocenters. The van der Waals surface area contributed by atoms with Crippen LogP contribution in [0.4, 0.5) is 10.2 Å². The van der Waals surface area contributed by atoms with Crippen LogP contribution in [0.3, 0.4) is 0 Å². The molecular weight excluding hydrogens is 388 g/mol. The Kier molecular flexibility index (Phi) is 5.27. The highest BCUT2D eigenvalue weighted by Gasteiger charge is 2.22. The van der Waals surface area contributed by atoms with Crippen LogP contribution in [0.25, 0.3) is 5.69 Å². The third-order valence-electron chi connectivity index (χ3n) is 3.92. The van der Waals surface area contributed by atoms with E-state index < -0.39 is 0 Å². The predicted octanol–water partition coefficient (Wildman–Crippen LogP) is 5.87. The number of nitrogens with one attached hydrogen (secondary N) is 1. The van der Waals surface area contributed by atoms with Gasteiger partial charge in [-0.2, -0.15) is 5.10 Å². The Balaban J connectivity index is 2.01. The molecule has 4 nitrogen and oxygen atoms in total. The van der Waals surface area contributed by atoms with Gasteiger partial charge in [0.2, 0.25) is 0 Å². The lowest BCUT2D eigenvalue weighted by atomic mass is 9.92. The predicted molar refractivity (Wildman–Crippen MR) is 107 cm³/mol. The molecule has 0 saturated heterocycles. The lowest BCUT2D eigenvalue weighted by Crippen LogP contribution is -2.15. The Bertz CT molecular complexity index is 971. The molecule has 1 N–H and O–H groups in total. The van der Waals surface area contributed by atoms with E-state index in [0.29, 0.717) is 27.1 Å². The van der Waals surface area contributed by atoms with Crippen LogP contribution in [0.5, 0.6) is 0 Å². The van der Waals surface area contributed by atoms with Crippen molar-refractivity contribution in [3.63, 3.8) is 0 Å². The molecule has 27 heavy (non-hydrogen) atoms. The van der Waals surface area contributed by atoms with Gasteiger partial charge in [-0.1, -0.05) is 44.0 Å². The third-order valence-corrected chi connectivity index (χ3v) is 4.35. The van der Waals surface area contributed by atoms with Crippen molar-refractivity contribution in [2.24, 2.45) is 0 Å². The lowest BCUT2D eigenvalue weighted by Gasteiger charge is -2.14. The quantitative estimate of drug-likeness (QED) is 0.592. The fourth-order valence-corrected chi connectivity index (χ4v) is 3.02. The number of hydrogen-bond donors (Lipinski definition) is 1. The Labute approximate surface area is 166 Å². The van der Waals surface area contributed by atoms with E-state index in [0.717, 1.165) is 5.69 Å².